The molecule has 1 aliphatic heterocycles. The summed E-state index contributed by atoms with van der Waals surface area (Å²) in [4.78, 5) is 30.0. The van der Waals surface area contributed by atoms with Gasteiger partial charge in [-0.15, -0.1) is 0 Å². The summed E-state index contributed by atoms with van der Waals surface area (Å²) >= 11 is 3.51. The molecule has 0 spiro atoms. The number of hydrogen-bond donors (Lipinski definition) is 2. The molecule has 27 heavy (non-hydrogen) atoms. The average Bonchev–Trinajstić information content (AvgIpc) is 3.20. The Morgan fingerprint density at radius 3 is 2.63 bits per heavy atom. The second-order valence-electron chi connectivity index (χ2n) is 7.30. The average molecular weight is 432 g/mol. The number of H-pyrrole nitrogens is 2. The number of rotatable bonds is 3. The number of aromatic amines is 2. The fourth-order valence-corrected chi connectivity index (χ4v) is 4.58. The van der Waals surface area contributed by atoms with Gasteiger partial charge in [-0.3, -0.25) is 14.5 Å². The van der Waals surface area contributed by atoms with Crippen LogP contribution in [0.5, 0.6) is 0 Å². The molecule has 1 saturated heterocycles. The van der Waals surface area contributed by atoms with E-state index in [4.69, 9.17) is 0 Å². The summed E-state index contributed by atoms with van der Waals surface area (Å²) in [5, 5.41) is 7.17. The number of hydrogen-bond acceptors (Lipinski definition) is 3. The highest BCUT2D eigenvalue weighted by atomic mass is 79.9. The number of benzene rings is 1. The molecule has 0 bridgehead atoms. The summed E-state index contributed by atoms with van der Waals surface area (Å²) in [7, 11) is 0. The lowest BCUT2D eigenvalue weighted by molar-refractivity contribution is 0.0688. The number of imidazole rings is 1. The van der Waals surface area contributed by atoms with E-state index in [1.165, 1.54) is 0 Å². The van der Waals surface area contributed by atoms with E-state index in [2.05, 4.69) is 45.0 Å². The van der Waals surface area contributed by atoms with Gasteiger partial charge in [-0.05, 0) is 46.8 Å². The van der Waals surface area contributed by atoms with Gasteiger partial charge in [-0.25, -0.2) is 4.79 Å². The van der Waals surface area contributed by atoms with E-state index in [9.17, 15) is 9.59 Å². The van der Waals surface area contributed by atoms with Crippen molar-refractivity contribution >= 4 is 32.9 Å². The number of carbonyl (C=O) groups excluding carboxylic acids is 1. The van der Waals surface area contributed by atoms with Gasteiger partial charge in [0.15, 0.2) is 5.69 Å². The number of fused-ring (bicyclic) bond motifs is 1. The van der Waals surface area contributed by atoms with E-state index in [0.29, 0.717) is 18.8 Å². The van der Waals surface area contributed by atoms with Crippen LogP contribution in [-0.2, 0) is 0 Å². The topological polar surface area (TPSA) is 86.8 Å². The summed E-state index contributed by atoms with van der Waals surface area (Å²) < 4.78 is 2.58. The third-order valence-corrected chi connectivity index (χ3v) is 6.06. The Kier molecular flexibility index (Phi) is 4.67. The Balaban J connectivity index is 1.51. The summed E-state index contributed by atoms with van der Waals surface area (Å²) in [5.74, 6) is 0.183. The molecular weight excluding hydrogens is 410 g/mol. The van der Waals surface area contributed by atoms with Gasteiger partial charge >= 0.3 is 5.69 Å². The zero-order valence-electron chi connectivity index (χ0n) is 15.3. The first-order valence-corrected chi connectivity index (χ1v) is 9.99. The predicted octanol–water partition coefficient (Wildman–Crippen LogP) is 3.42. The van der Waals surface area contributed by atoms with Crippen LogP contribution >= 0.6 is 15.9 Å². The first-order valence-electron chi connectivity index (χ1n) is 9.19. The first kappa shape index (κ1) is 18.0. The number of likely N-dealkylation sites (tertiary alicyclic amines) is 1. The fraction of sp³-hybridized carbons (Fsp3) is 0.421. The van der Waals surface area contributed by atoms with Crippen molar-refractivity contribution in [1.82, 2.24) is 24.6 Å². The predicted molar refractivity (Wildman–Crippen MR) is 107 cm³/mol. The largest absolute Gasteiger partial charge is 0.337 e. The maximum absolute atomic E-state index is 12.9. The Morgan fingerprint density at radius 2 is 1.96 bits per heavy atom. The van der Waals surface area contributed by atoms with Gasteiger partial charge in [0.05, 0.1) is 21.2 Å². The molecular formula is C19H22BrN5O2. The fourth-order valence-electron chi connectivity index (χ4n) is 3.78. The molecule has 1 aromatic carbocycles. The molecule has 0 unspecified atom stereocenters. The Bertz CT molecular complexity index is 1040. The van der Waals surface area contributed by atoms with Gasteiger partial charge in [0, 0.05) is 19.1 Å². The number of carbonyl (C=O) groups is 1. The van der Waals surface area contributed by atoms with Gasteiger partial charge in [0.2, 0.25) is 0 Å². The number of nitrogens with zero attached hydrogens (tertiary/aromatic N) is 3. The van der Waals surface area contributed by atoms with Crippen molar-refractivity contribution in [2.75, 3.05) is 13.1 Å². The molecule has 2 N–H and O–H groups in total. The molecule has 7 nitrogen and oxygen atoms in total. The van der Waals surface area contributed by atoms with Crippen LogP contribution in [-0.4, -0.2) is 43.6 Å². The van der Waals surface area contributed by atoms with Crippen molar-refractivity contribution < 1.29 is 4.79 Å². The van der Waals surface area contributed by atoms with Crippen LogP contribution in [0.3, 0.4) is 0 Å². The molecule has 142 valence electrons. The quantitative estimate of drug-likeness (QED) is 0.665. The monoisotopic (exact) mass is 431 g/mol. The molecule has 1 aliphatic rings. The van der Waals surface area contributed by atoms with Crippen LogP contribution in [0, 0.1) is 0 Å². The van der Waals surface area contributed by atoms with Crippen LogP contribution in [0.15, 0.2) is 33.5 Å². The van der Waals surface area contributed by atoms with Gasteiger partial charge in [-0.1, -0.05) is 26.0 Å². The highest BCUT2D eigenvalue weighted by molar-refractivity contribution is 9.10. The van der Waals surface area contributed by atoms with Crippen molar-refractivity contribution in [2.24, 2.45) is 0 Å². The van der Waals surface area contributed by atoms with Crippen molar-refractivity contribution in [1.29, 1.82) is 0 Å². The highest BCUT2D eigenvalue weighted by Crippen LogP contribution is 2.29. The number of halogens is 1. The Morgan fingerprint density at radius 1 is 1.26 bits per heavy atom. The van der Waals surface area contributed by atoms with Crippen LogP contribution in [0.2, 0.25) is 0 Å². The number of aromatic nitrogens is 4. The molecule has 8 heteroatoms. The normalized spacial score (nSPS) is 15.8. The van der Waals surface area contributed by atoms with E-state index in [0.717, 1.165) is 34.0 Å². The molecule has 0 saturated carbocycles. The maximum atomic E-state index is 12.9. The lowest BCUT2D eigenvalue weighted by atomic mass is 10.0. The van der Waals surface area contributed by atoms with Crippen molar-refractivity contribution in [3.63, 3.8) is 0 Å². The molecule has 4 rings (SSSR count). The minimum atomic E-state index is -0.0856. The summed E-state index contributed by atoms with van der Waals surface area (Å²) in [5.41, 5.74) is 3.05. The number of nitrogens with one attached hydrogen (secondary N) is 2. The van der Waals surface area contributed by atoms with Crippen LogP contribution in [0.25, 0.3) is 11.0 Å². The molecule has 3 heterocycles. The van der Waals surface area contributed by atoms with Crippen molar-refractivity contribution in [3.8, 4) is 0 Å². The molecule has 2 aromatic heterocycles. The van der Waals surface area contributed by atoms with Crippen molar-refractivity contribution in [3.05, 3.63) is 50.6 Å². The third kappa shape index (κ3) is 3.12. The number of piperidine rings is 1. The summed E-state index contributed by atoms with van der Waals surface area (Å²) in [6.07, 6.45) is 1.49. The Hall–Kier alpha value is -2.35. The van der Waals surface area contributed by atoms with Crippen LogP contribution in [0.1, 0.15) is 54.8 Å². The van der Waals surface area contributed by atoms with E-state index in [-0.39, 0.29) is 23.6 Å². The van der Waals surface area contributed by atoms with E-state index in [1.54, 1.807) is 0 Å². The highest BCUT2D eigenvalue weighted by Gasteiger charge is 2.29. The zero-order chi connectivity index (χ0) is 19.1. The van der Waals surface area contributed by atoms with Gasteiger partial charge in [0.25, 0.3) is 5.91 Å². The van der Waals surface area contributed by atoms with Crippen LogP contribution < -0.4 is 5.69 Å². The number of para-hydroxylation sites is 2. The standard InChI is InChI=1S/C19H22BrN5O2/c1-11(2)16-15(20)17(23-22-16)18(26)24-9-7-12(8-10-24)25-14-6-4-3-5-13(14)21-19(25)27/h3-6,11-12H,7-10H2,1-2H3,(H,21,27)(H,22,23). The lowest BCUT2D eigenvalue weighted by Crippen LogP contribution is -2.40. The number of amides is 1. The molecule has 0 atom stereocenters. The van der Waals surface area contributed by atoms with E-state index in [1.807, 2.05) is 33.7 Å². The second-order valence-corrected chi connectivity index (χ2v) is 8.09. The summed E-state index contributed by atoms with van der Waals surface area (Å²) in [6, 6.07) is 7.81. The van der Waals surface area contributed by atoms with Gasteiger partial charge in [-0.2, -0.15) is 5.10 Å². The Labute approximate surface area is 164 Å². The minimum absolute atomic E-state index is 0.0743. The molecule has 1 fully saturated rings. The minimum Gasteiger partial charge on any atom is -0.337 e. The zero-order valence-corrected chi connectivity index (χ0v) is 16.9. The van der Waals surface area contributed by atoms with E-state index >= 15 is 0 Å². The molecule has 1 amide bonds. The molecule has 3 aromatic rings. The SMILES string of the molecule is CC(C)c1[nH]nc(C(=O)N2CCC(n3c(=O)[nH]c4ccccc43)CC2)c1Br. The third-order valence-electron chi connectivity index (χ3n) is 5.25. The smallest absolute Gasteiger partial charge is 0.326 e. The van der Waals surface area contributed by atoms with E-state index < -0.39 is 0 Å². The second kappa shape index (κ2) is 6.99. The van der Waals surface area contributed by atoms with Gasteiger partial charge < -0.3 is 9.88 Å². The lowest BCUT2D eigenvalue weighted by Gasteiger charge is -2.32. The first-order chi connectivity index (χ1) is 13.0. The maximum Gasteiger partial charge on any atom is 0.326 e. The molecule has 0 radical (unpaired) electrons. The molecule has 0 aliphatic carbocycles. The van der Waals surface area contributed by atoms with Gasteiger partial charge in [0.1, 0.15) is 0 Å². The van der Waals surface area contributed by atoms with Crippen LogP contribution in [0.4, 0.5) is 0 Å². The van der Waals surface area contributed by atoms with Crippen molar-refractivity contribution in [2.45, 2.75) is 38.6 Å². The summed E-state index contributed by atoms with van der Waals surface area (Å²) in [6.45, 7) is 5.31.